The van der Waals surface area contributed by atoms with E-state index in [-0.39, 0.29) is 17.9 Å². The molecule has 3 heteroatoms. The van der Waals surface area contributed by atoms with Crippen molar-refractivity contribution in [3.63, 3.8) is 0 Å². The van der Waals surface area contributed by atoms with Crippen molar-refractivity contribution in [3.8, 4) is 0 Å². The molecule has 98 valence electrons. The van der Waals surface area contributed by atoms with E-state index in [2.05, 4.69) is 44.8 Å². The molecule has 0 saturated carbocycles. The van der Waals surface area contributed by atoms with Crippen LogP contribution in [0.2, 0.25) is 0 Å². The lowest BCUT2D eigenvalue weighted by Crippen LogP contribution is -2.31. The maximum absolute atomic E-state index is 11.8. The Hall–Kier alpha value is -2.42. The second kappa shape index (κ2) is 5.48. The molecule has 0 bridgehead atoms. The van der Waals surface area contributed by atoms with Crippen LogP contribution in [-0.2, 0) is 9.59 Å². The Morgan fingerprint density at radius 3 is 1.74 bits per heavy atom. The normalized spacial score (nSPS) is 19.4. The molecule has 0 aromatic rings. The molecular weight excluding hydrogens is 238 g/mol. The number of carbonyl (C=O) groups is 2. The van der Waals surface area contributed by atoms with Crippen molar-refractivity contribution in [2.24, 2.45) is 0 Å². The highest BCUT2D eigenvalue weighted by Crippen LogP contribution is 2.30. The first-order valence-corrected chi connectivity index (χ1v) is 5.74. The summed E-state index contributed by atoms with van der Waals surface area (Å²) >= 11 is 0. The van der Waals surface area contributed by atoms with Crippen LogP contribution >= 0.6 is 0 Å². The Bertz CT molecular complexity index is 561. The summed E-state index contributed by atoms with van der Waals surface area (Å²) in [4.78, 5) is 23.3. The fraction of sp³-hybridized carbons (Fsp3) is 0.125. The first-order valence-electron chi connectivity index (χ1n) is 5.74. The lowest BCUT2D eigenvalue weighted by molar-refractivity contribution is -0.128. The molecule has 19 heavy (non-hydrogen) atoms. The van der Waals surface area contributed by atoms with Crippen LogP contribution in [0.15, 0.2) is 72.9 Å². The second-order valence-corrected chi connectivity index (χ2v) is 4.37. The highest BCUT2D eigenvalue weighted by Gasteiger charge is 2.20. The SMILES string of the molecule is C=C1CCC(=O)NC(=O)C(=C)C(=C)C(=C)C(=C)C1=C. The molecule has 0 aliphatic carbocycles. The zero-order valence-electron chi connectivity index (χ0n) is 11.0. The Balaban J connectivity index is 3.19. The lowest BCUT2D eigenvalue weighted by Gasteiger charge is -2.15. The predicted octanol–water partition coefficient (Wildman–Crippen LogP) is 2.76. The molecule has 0 unspecified atom stereocenters. The number of rotatable bonds is 0. The van der Waals surface area contributed by atoms with Gasteiger partial charge in [-0.1, -0.05) is 39.5 Å². The molecule has 3 nitrogen and oxygen atoms in total. The van der Waals surface area contributed by atoms with Gasteiger partial charge in [0.25, 0.3) is 5.91 Å². The molecule has 1 rings (SSSR count). The number of hydrogen-bond acceptors (Lipinski definition) is 2. The van der Waals surface area contributed by atoms with Gasteiger partial charge < -0.3 is 0 Å². The van der Waals surface area contributed by atoms with Crippen molar-refractivity contribution >= 4 is 11.8 Å². The molecule has 2 amide bonds. The highest BCUT2D eigenvalue weighted by molar-refractivity contribution is 6.07. The lowest BCUT2D eigenvalue weighted by atomic mass is 9.89. The van der Waals surface area contributed by atoms with Crippen LogP contribution < -0.4 is 5.32 Å². The summed E-state index contributed by atoms with van der Waals surface area (Å²) in [6.45, 7) is 22.9. The second-order valence-electron chi connectivity index (χ2n) is 4.37. The smallest absolute Gasteiger partial charge is 0.257 e. The first-order chi connectivity index (χ1) is 8.75. The maximum Gasteiger partial charge on any atom is 0.257 e. The van der Waals surface area contributed by atoms with Crippen molar-refractivity contribution in [3.05, 3.63) is 72.9 Å². The van der Waals surface area contributed by atoms with Crippen LogP contribution in [0, 0.1) is 0 Å². The summed E-state index contributed by atoms with van der Waals surface area (Å²) in [6.07, 6.45) is 0.562. The van der Waals surface area contributed by atoms with Gasteiger partial charge in [-0.25, -0.2) is 0 Å². The zero-order chi connectivity index (χ0) is 14.7. The van der Waals surface area contributed by atoms with Gasteiger partial charge in [0.15, 0.2) is 0 Å². The number of nitrogens with one attached hydrogen (secondary N) is 1. The zero-order valence-corrected chi connectivity index (χ0v) is 11.0. The first kappa shape index (κ1) is 14.6. The van der Waals surface area contributed by atoms with Crippen LogP contribution in [-0.4, -0.2) is 11.8 Å². The minimum atomic E-state index is -0.568. The minimum Gasteiger partial charge on any atom is -0.292 e. The molecule has 1 saturated heterocycles. The van der Waals surface area contributed by atoms with Crippen molar-refractivity contribution in [1.82, 2.24) is 5.32 Å². The monoisotopic (exact) mass is 255 g/mol. The molecule has 1 N–H and O–H groups in total. The van der Waals surface area contributed by atoms with Gasteiger partial charge in [0.2, 0.25) is 5.91 Å². The van der Waals surface area contributed by atoms with Gasteiger partial charge in [-0.3, -0.25) is 14.9 Å². The van der Waals surface area contributed by atoms with E-state index in [0.717, 1.165) is 0 Å². The number of amides is 2. The van der Waals surface area contributed by atoms with Gasteiger partial charge in [0, 0.05) is 12.0 Å². The molecule has 0 aromatic heterocycles. The van der Waals surface area contributed by atoms with E-state index < -0.39 is 5.91 Å². The Labute approximate surface area is 113 Å². The average molecular weight is 255 g/mol. The molecule has 1 fully saturated rings. The van der Waals surface area contributed by atoms with Crippen molar-refractivity contribution in [2.45, 2.75) is 12.8 Å². The van der Waals surface area contributed by atoms with Gasteiger partial charge in [0.1, 0.15) is 0 Å². The molecular formula is C16H17NO2. The van der Waals surface area contributed by atoms with Gasteiger partial charge >= 0.3 is 0 Å². The Morgan fingerprint density at radius 2 is 1.16 bits per heavy atom. The third-order valence-electron chi connectivity index (χ3n) is 3.06. The van der Waals surface area contributed by atoms with Crippen LogP contribution in [0.25, 0.3) is 0 Å². The molecule has 0 radical (unpaired) electrons. The van der Waals surface area contributed by atoms with E-state index in [4.69, 9.17) is 0 Å². The van der Waals surface area contributed by atoms with Crippen LogP contribution in [0.5, 0.6) is 0 Å². The van der Waals surface area contributed by atoms with Gasteiger partial charge in [-0.05, 0) is 34.3 Å². The fourth-order valence-electron chi connectivity index (χ4n) is 1.58. The maximum atomic E-state index is 11.8. The van der Waals surface area contributed by atoms with E-state index in [9.17, 15) is 9.59 Å². The molecule has 0 spiro atoms. The van der Waals surface area contributed by atoms with E-state index in [0.29, 0.717) is 34.3 Å². The van der Waals surface area contributed by atoms with E-state index in [1.54, 1.807) is 0 Å². The van der Waals surface area contributed by atoms with Crippen LogP contribution in [0.3, 0.4) is 0 Å². The predicted molar refractivity (Wildman–Crippen MR) is 77.2 cm³/mol. The van der Waals surface area contributed by atoms with Gasteiger partial charge in [0.05, 0.1) is 0 Å². The fourth-order valence-corrected chi connectivity index (χ4v) is 1.58. The van der Waals surface area contributed by atoms with Crippen molar-refractivity contribution in [2.75, 3.05) is 0 Å². The Kier molecular flexibility index (Phi) is 4.22. The van der Waals surface area contributed by atoms with E-state index in [1.165, 1.54) is 0 Å². The highest BCUT2D eigenvalue weighted by atomic mass is 16.2. The average Bonchev–Trinajstić information content (AvgIpc) is 2.39. The molecule has 0 atom stereocenters. The molecule has 0 aromatic carbocycles. The number of carbonyl (C=O) groups excluding carboxylic acids is 2. The minimum absolute atomic E-state index is 0.0970. The summed E-state index contributed by atoms with van der Waals surface area (Å²) in [5.41, 5.74) is 2.76. The third-order valence-corrected chi connectivity index (χ3v) is 3.06. The number of imide groups is 1. The summed E-state index contributed by atoms with van der Waals surface area (Å²) in [5, 5.41) is 2.25. The van der Waals surface area contributed by atoms with Crippen molar-refractivity contribution < 1.29 is 9.59 Å². The molecule has 1 heterocycles. The third kappa shape index (κ3) is 3.07. The van der Waals surface area contributed by atoms with Crippen LogP contribution in [0.4, 0.5) is 0 Å². The number of allylic oxidation sites excluding steroid dienone is 4. The van der Waals surface area contributed by atoms with E-state index in [1.807, 2.05) is 0 Å². The summed E-state index contributed by atoms with van der Waals surface area (Å²) in [7, 11) is 0. The molecule has 1 aliphatic heterocycles. The summed E-state index contributed by atoms with van der Waals surface area (Å²) < 4.78 is 0. The number of hydrogen-bond donors (Lipinski definition) is 1. The quantitative estimate of drug-likeness (QED) is 0.534. The summed E-state index contributed by atoms with van der Waals surface area (Å²) in [6, 6.07) is 0. The largest absolute Gasteiger partial charge is 0.292 e. The topological polar surface area (TPSA) is 46.2 Å². The van der Waals surface area contributed by atoms with Crippen molar-refractivity contribution in [1.29, 1.82) is 0 Å². The Morgan fingerprint density at radius 1 is 0.684 bits per heavy atom. The van der Waals surface area contributed by atoms with Crippen LogP contribution in [0.1, 0.15) is 12.8 Å². The summed E-state index contributed by atoms with van der Waals surface area (Å²) in [5.74, 6) is -0.951. The van der Waals surface area contributed by atoms with E-state index >= 15 is 0 Å². The molecule has 1 aliphatic rings. The van der Waals surface area contributed by atoms with Gasteiger partial charge in [-0.15, -0.1) is 0 Å². The standard InChI is InChI=1S/C16H17NO2/c1-9-7-8-15(18)17-16(19)14(6)13(5)12(4)11(3)10(9)2/h1-8H2,(H,17,18,19). The van der Waals surface area contributed by atoms with Gasteiger partial charge in [-0.2, -0.15) is 0 Å².